The minimum Gasteiger partial charge on any atom is -0.462 e. The number of esters is 1. The summed E-state index contributed by atoms with van der Waals surface area (Å²) in [5.41, 5.74) is 0.481. The molecule has 0 spiro atoms. The maximum atomic E-state index is 11.5. The van der Waals surface area contributed by atoms with Crippen LogP contribution in [0.4, 0.5) is 0 Å². The Bertz CT molecular complexity index is 315. The molecule has 0 atom stereocenters. The third-order valence-corrected chi connectivity index (χ3v) is 3.15. The van der Waals surface area contributed by atoms with Gasteiger partial charge in [-0.2, -0.15) is 0 Å². The molecule has 0 aliphatic heterocycles. The topological polar surface area (TPSA) is 83.8 Å². The van der Waals surface area contributed by atoms with Crippen molar-refractivity contribution in [1.82, 2.24) is 0 Å². The highest BCUT2D eigenvalue weighted by molar-refractivity contribution is 7.58. The summed E-state index contributed by atoms with van der Waals surface area (Å²) >= 11 is 0. The van der Waals surface area contributed by atoms with Crippen LogP contribution in [0.25, 0.3) is 0 Å². The Labute approximate surface area is 95.7 Å². The van der Waals surface area contributed by atoms with Crippen LogP contribution in [0, 0.1) is 0 Å². The van der Waals surface area contributed by atoms with Gasteiger partial charge in [-0.05, 0) is 25.3 Å². The summed E-state index contributed by atoms with van der Waals surface area (Å²) in [5.74, 6) is -0.902. The average molecular weight is 250 g/mol. The van der Waals surface area contributed by atoms with Crippen LogP contribution in [0.3, 0.4) is 0 Å². The summed E-state index contributed by atoms with van der Waals surface area (Å²) in [6.45, 7) is 5.35. The number of carbonyl (C=O) groups excluding carboxylic acids is 1. The Morgan fingerprint density at radius 1 is 1.25 bits per heavy atom. The SMILES string of the molecule is CCCC(CC)=C(C(=O)OCC)P(=O)(O)O. The van der Waals surface area contributed by atoms with Crippen molar-refractivity contribution in [2.24, 2.45) is 0 Å². The van der Waals surface area contributed by atoms with Crippen LogP contribution in [0.5, 0.6) is 0 Å². The first-order chi connectivity index (χ1) is 7.38. The van der Waals surface area contributed by atoms with Crippen molar-refractivity contribution >= 4 is 13.6 Å². The third kappa shape index (κ3) is 4.47. The normalized spacial score (nSPS) is 13.3. The first-order valence-electron chi connectivity index (χ1n) is 5.33. The molecule has 2 N–H and O–H groups in total. The molecule has 5 nitrogen and oxygen atoms in total. The van der Waals surface area contributed by atoms with Crippen LogP contribution in [0.2, 0.25) is 0 Å². The quantitative estimate of drug-likeness (QED) is 0.429. The second-order valence-corrected chi connectivity index (χ2v) is 4.86. The van der Waals surface area contributed by atoms with Gasteiger partial charge in [0, 0.05) is 0 Å². The molecule has 0 radical (unpaired) electrons. The van der Waals surface area contributed by atoms with Crippen molar-refractivity contribution < 1.29 is 23.9 Å². The molecular weight excluding hydrogens is 231 g/mol. The van der Waals surface area contributed by atoms with E-state index in [9.17, 15) is 9.36 Å². The number of hydrogen-bond donors (Lipinski definition) is 2. The Morgan fingerprint density at radius 2 is 1.81 bits per heavy atom. The van der Waals surface area contributed by atoms with E-state index < -0.39 is 18.9 Å². The molecule has 0 saturated heterocycles. The summed E-state index contributed by atoms with van der Waals surface area (Å²) < 4.78 is 15.9. The highest BCUT2D eigenvalue weighted by Crippen LogP contribution is 2.48. The predicted octanol–water partition coefficient (Wildman–Crippen LogP) is 2.19. The Balaban J connectivity index is 5.36. The molecular formula is C10H19O5P. The predicted molar refractivity (Wildman–Crippen MR) is 60.9 cm³/mol. The molecule has 0 rings (SSSR count). The molecule has 0 heterocycles. The van der Waals surface area contributed by atoms with Gasteiger partial charge in [0.2, 0.25) is 0 Å². The van der Waals surface area contributed by atoms with Crippen LogP contribution < -0.4 is 0 Å². The van der Waals surface area contributed by atoms with Crippen molar-refractivity contribution in [3.8, 4) is 0 Å². The minimum atomic E-state index is -4.56. The molecule has 0 aromatic rings. The first-order valence-corrected chi connectivity index (χ1v) is 6.94. The molecule has 0 aliphatic rings. The Hall–Kier alpha value is -0.640. The summed E-state index contributed by atoms with van der Waals surface area (Å²) in [4.78, 5) is 29.8. The summed E-state index contributed by atoms with van der Waals surface area (Å²) in [6, 6.07) is 0. The van der Waals surface area contributed by atoms with Crippen LogP contribution in [0.1, 0.15) is 40.0 Å². The van der Waals surface area contributed by atoms with Crippen molar-refractivity contribution in [3.05, 3.63) is 10.9 Å². The first kappa shape index (κ1) is 15.4. The number of hydrogen-bond acceptors (Lipinski definition) is 3. The van der Waals surface area contributed by atoms with Gasteiger partial charge in [-0.25, -0.2) is 4.79 Å². The van der Waals surface area contributed by atoms with E-state index in [0.717, 1.165) is 6.42 Å². The summed E-state index contributed by atoms with van der Waals surface area (Å²) in [6.07, 6.45) is 1.66. The largest absolute Gasteiger partial charge is 0.462 e. The fourth-order valence-electron chi connectivity index (χ4n) is 1.43. The monoisotopic (exact) mass is 250 g/mol. The standard InChI is InChI=1S/C10H19O5P/c1-4-7-8(5-2)9(16(12,13)14)10(11)15-6-3/h4-7H2,1-3H3,(H2,12,13,14). The molecule has 0 amide bonds. The van der Waals surface area contributed by atoms with Gasteiger partial charge in [0.1, 0.15) is 5.31 Å². The molecule has 0 fully saturated rings. The van der Waals surface area contributed by atoms with Crippen molar-refractivity contribution in [2.45, 2.75) is 40.0 Å². The molecule has 0 bridgehead atoms. The van der Waals surface area contributed by atoms with Gasteiger partial charge in [-0.1, -0.05) is 20.3 Å². The summed E-state index contributed by atoms with van der Waals surface area (Å²) in [5, 5.41) is -0.460. The highest BCUT2D eigenvalue weighted by atomic mass is 31.2. The molecule has 0 unspecified atom stereocenters. The van der Waals surface area contributed by atoms with Gasteiger partial charge in [0.25, 0.3) is 0 Å². The van der Waals surface area contributed by atoms with Gasteiger partial charge in [-0.15, -0.1) is 0 Å². The number of ether oxygens (including phenoxy) is 1. The fraction of sp³-hybridized carbons (Fsp3) is 0.700. The summed E-state index contributed by atoms with van der Waals surface area (Å²) in [7, 11) is -4.56. The number of allylic oxidation sites excluding steroid dienone is 1. The lowest BCUT2D eigenvalue weighted by molar-refractivity contribution is -0.137. The van der Waals surface area contributed by atoms with Crippen molar-refractivity contribution in [2.75, 3.05) is 6.61 Å². The molecule has 6 heteroatoms. The van der Waals surface area contributed by atoms with E-state index in [1.165, 1.54) is 0 Å². The number of carbonyl (C=O) groups is 1. The second-order valence-electron chi connectivity index (χ2n) is 3.32. The average Bonchev–Trinajstić information content (AvgIpc) is 2.15. The lowest BCUT2D eigenvalue weighted by Crippen LogP contribution is -2.11. The van der Waals surface area contributed by atoms with E-state index in [-0.39, 0.29) is 6.61 Å². The van der Waals surface area contributed by atoms with Crippen molar-refractivity contribution in [1.29, 1.82) is 0 Å². The van der Waals surface area contributed by atoms with Crippen LogP contribution >= 0.6 is 7.60 Å². The van der Waals surface area contributed by atoms with Crippen LogP contribution in [0.15, 0.2) is 10.9 Å². The van der Waals surface area contributed by atoms with Gasteiger partial charge >= 0.3 is 13.6 Å². The molecule has 0 saturated carbocycles. The maximum Gasteiger partial charge on any atom is 0.363 e. The lowest BCUT2D eigenvalue weighted by Gasteiger charge is -2.13. The molecule has 16 heavy (non-hydrogen) atoms. The lowest BCUT2D eigenvalue weighted by atomic mass is 10.1. The molecule has 0 aliphatic carbocycles. The Kier molecular flexibility index (Phi) is 6.56. The van der Waals surface area contributed by atoms with E-state index in [1.807, 2.05) is 6.92 Å². The van der Waals surface area contributed by atoms with Gasteiger partial charge < -0.3 is 14.5 Å². The number of rotatable bonds is 6. The van der Waals surface area contributed by atoms with Crippen LogP contribution in [-0.2, 0) is 14.1 Å². The molecule has 94 valence electrons. The van der Waals surface area contributed by atoms with Gasteiger partial charge in [0.05, 0.1) is 6.61 Å². The fourth-order valence-corrected chi connectivity index (χ4v) is 2.42. The third-order valence-electron chi connectivity index (χ3n) is 2.07. The minimum absolute atomic E-state index is 0.103. The van der Waals surface area contributed by atoms with E-state index in [0.29, 0.717) is 18.4 Å². The zero-order valence-corrected chi connectivity index (χ0v) is 10.8. The van der Waals surface area contributed by atoms with Gasteiger partial charge in [-0.3, -0.25) is 4.57 Å². The van der Waals surface area contributed by atoms with E-state index in [4.69, 9.17) is 9.79 Å². The van der Waals surface area contributed by atoms with Gasteiger partial charge in [0.15, 0.2) is 0 Å². The maximum absolute atomic E-state index is 11.5. The smallest absolute Gasteiger partial charge is 0.363 e. The van der Waals surface area contributed by atoms with Crippen LogP contribution in [-0.4, -0.2) is 22.4 Å². The molecule has 0 aromatic heterocycles. The van der Waals surface area contributed by atoms with Crippen molar-refractivity contribution in [3.63, 3.8) is 0 Å². The Morgan fingerprint density at radius 3 is 2.12 bits per heavy atom. The zero-order valence-electron chi connectivity index (χ0n) is 9.89. The van der Waals surface area contributed by atoms with E-state index in [1.54, 1.807) is 13.8 Å². The highest BCUT2D eigenvalue weighted by Gasteiger charge is 2.32. The van der Waals surface area contributed by atoms with E-state index in [2.05, 4.69) is 4.74 Å². The second kappa shape index (κ2) is 6.84. The molecule has 0 aromatic carbocycles. The van der Waals surface area contributed by atoms with E-state index >= 15 is 0 Å². The zero-order chi connectivity index (χ0) is 12.8.